The average Bonchev–Trinajstić information content (AvgIpc) is 2.89. The molecular weight excluding hydrogens is 328 g/mol. The Balaban J connectivity index is 1.73. The molecule has 4 heteroatoms. The Morgan fingerprint density at radius 1 is 1.22 bits per heavy atom. The fraction of sp³-hybridized carbons (Fsp3) is 0.214. The first-order chi connectivity index (χ1) is 8.74. The van der Waals surface area contributed by atoms with Crippen LogP contribution >= 0.6 is 39.0 Å². The lowest BCUT2D eigenvalue weighted by Crippen LogP contribution is -2.02. The smallest absolute Gasteiger partial charge is 0.143 e. The molecule has 2 aromatic rings. The van der Waals surface area contributed by atoms with E-state index in [4.69, 9.17) is 0 Å². The van der Waals surface area contributed by atoms with Crippen LogP contribution in [0.4, 0.5) is 0 Å². The third kappa shape index (κ3) is 4.59. The average molecular weight is 341 g/mol. The maximum atomic E-state index is 11.8. The van der Waals surface area contributed by atoms with Crippen molar-refractivity contribution in [1.29, 1.82) is 0 Å². The molecule has 0 aliphatic heterocycles. The summed E-state index contributed by atoms with van der Waals surface area (Å²) in [4.78, 5) is 12.9. The number of thioether (sulfide) groups is 1. The molecule has 0 saturated carbocycles. The van der Waals surface area contributed by atoms with Crippen LogP contribution in [0.25, 0.3) is 0 Å². The van der Waals surface area contributed by atoms with Crippen molar-refractivity contribution >= 4 is 44.8 Å². The van der Waals surface area contributed by atoms with E-state index < -0.39 is 0 Å². The standard InChI is InChI=1S/C14H13BrOS2/c15-12-2-5-14(6-3-12)18-10-13(16)4-1-11-7-8-17-9-11/h2-3,5-9H,1,4,10H2. The summed E-state index contributed by atoms with van der Waals surface area (Å²) < 4.78 is 1.07. The van der Waals surface area contributed by atoms with Gasteiger partial charge in [-0.25, -0.2) is 0 Å². The van der Waals surface area contributed by atoms with Crippen LogP contribution in [0, 0.1) is 0 Å². The number of benzene rings is 1. The van der Waals surface area contributed by atoms with Gasteiger partial charge in [0, 0.05) is 15.8 Å². The molecule has 1 heterocycles. The Morgan fingerprint density at radius 2 is 2.00 bits per heavy atom. The van der Waals surface area contributed by atoms with Gasteiger partial charge in [0.1, 0.15) is 5.78 Å². The number of hydrogen-bond acceptors (Lipinski definition) is 3. The third-order valence-corrected chi connectivity index (χ3v) is 4.82. The van der Waals surface area contributed by atoms with E-state index in [-0.39, 0.29) is 0 Å². The van der Waals surface area contributed by atoms with Crippen LogP contribution in [0.2, 0.25) is 0 Å². The van der Waals surface area contributed by atoms with Crippen LogP contribution in [0.1, 0.15) is 12.0 Å². The second-order valence-electron chi connectivity index (χ2n) is 3.91. The second kappa shape index (κ2) is 7.12. The van der Waals surface area contributed by atoms with Gasteiger partial charge in [-0.2, -0.15) is 11.3 Å². The minimum Gasteiger partial charge on any atom is -0.299 e. The molecule has 0 aliphatic carbocycles. The highest BCUT2D eigenvalue weighted by molar-refractivity contribution is 9.10. The maximum Gasteiger partial charge on any atom is 0.143 e. The quantitative estimate of drug-likeness (QED) is 0.702. The van der Waals surface area contributed by atoms with Gasteiger partial charge in [0.15, 0.2) is 0 Å². The summed E-state index contributed by atoms with van der Waals surface area (Å²) in [7, 11) is 0. The zero-order valence-electron chi connectivity index (χ0n) is 9.77. The van der Waals surface area contributed by atoms with E-state index in [0.717, 1.165) is 15.8 Å². The van der Waals surface area contributed by atoms with E-state index >= 15 is 0 Å². The van der Waals surface area contributed by atoms with Crippen LogP contribution in [-0.2, 0) is 11.2 Å². The van der Waals surface area contributed by atoms with Gasteiger partial charge >= 0.3 is 0 Å². The van der Waals surface area contributed by atoms with Gasteiger partial charge in [0.25, 0.3) is 0 Å². The second-order valence-corrected chi connectivity index (χ2v) is 6.66. The van der Waals surface area contributed by atoms with Crippen LogP contribution in [-0.4, -0.2) is 11.5 Å². The molecule has 0 N–H and O–H groups in total. The van der Waals surface area contributed by atoms with Crippen LogP contribution in [0.15, 0.2) is 50.5 Å². The van der Waals surface area contributed by atoms with E-state index in [1.165, 1.54) is 5.56 Å². The molecule has 1 aromatic carbocycles. The van der Waals surface area contributed by atoms with Crippen molar-refractivity contribution < 1.29 is 4.79 Å². The monoisotopic (exact) mass is 340 g/mol. The molecule has 0 spiro atoms. The van der Waals surface area contributed by atoms with Gasteiger partial charge in [-0.05, 0) is 53.1 Å². The summed E-state index contributed by atoms with van der Waals surface area (Å²) in [5.41, 5.74) is 1.27. The summed E-state index contributed by atoms with van der Waals surface area (Å²) in [5.74, 6) is 0.875. The molecule has 0 bridgehead atoms. The molecular formula is C14H13BrOS2. The molecule has 0 saturated heterocycles. The minimum absolute atomic E-state index is 0.314. The van der Waals surface area contributed by atoms with Crippen molar-refractivity contribution in [2.45, 2.75) is 17.7 Å². The molecule has 0 radical (unpaired) electrons. The molecule has 2 rings (SSSR count). The Bertz CT molecular complexity index is 491. The van der Waals surface area contributed by atoms with Crippen LogP contribution in [0.5, 0.6) is 0 Å². The van der Waals surface area contributed by atoms with Gasteiger partial charge in [0.05, 0.1) is 5.75 Å². The predicted octanol–water partition coefficient (Wildman–Crippen LogP) is 4.80. The molecule has 1 aromatic heterocycles. The van der Waals surface area contributed by atoms with E-state index in [1.807, 2.05) is 24.3 Å². The summed E-state index contributed by atoms with van der Waals surface area (Å²) >= 11 is 6.69. The summed E-state index contributed by atoms with van der Waals surface area (Å²) in [6.07, 6.45) is 1.50. The Morgan fingerprint density at radius 3 is 2.67 bits per heavy atom. The number of hydrogen-bond donors (Lipinski definition) is 0. The number of Topliss-reactive ketones (excluding diaryl/α,β-unsaturated/α-hetero) is 1. The van der Waals surface area contributed by atoms with Gasteiger partial charge in [-0.3, -0.25) is 4.79 Å². The topological polar surface area (TPSA) is 17.1 Å². The van der Waals surface area contributed by atoms with E-state index in [9.17, 15) is 4.79 Å². The van der Waals surface area contributed by atoms with Gasteiger partial charge < -0.3 is 0 Å². The lowest BCUT2D eigenvalue weighted by molar-refractivity contribution is -0.116. The van der Waals surface area contributed by atoms with Crippen LogP contribution in [0.3, 0.4) is 0 Å². The van der Waals surface area contributed by atoms with E-state index in [1.54, 1.807) is 23.1 Å². The predicted molar refractivity (Wildman–Crippen MR) is 82.5 cm³/mol. The molecule has 0 amide bonds. The summed E-state index contributed by atoms with van der Waals surface area (Å²) in [6, 6.07) is 10.1. The van der Waals surface area contributed by atoms with E-state index in [2.05, 4.69) is 32.8 Å². The summed E-state index contributed by atoms with van der Waals surface area (Å²) in [5, 5.41) is 4.16. The molecule has 1 nitrogen and oxygen atoms in total. The molecule has 18 heavy (non-hydrogen) atoms. The van der Waals surface area contributed by atoms with Crippen LogP contribution < -0.4 is 0 Å². The SMILES string of the molecule is O=C(CCc1ccsc1)CSc1ccc(Br)cc1. The lowest BCUT2D eigenvalue weighted by atomic mass is 10.1. The van der Waals surface area contributed by atoms with Crippen molar-refractivity contribution in [3.63, 3.8) is 0 Å². The van der Waals surface area contributed by atoms with Gasteiger partial charge in [-0.1, -0.05) is 15.9 Å². The number of carbonyl (C=O) groups excluding carboxylic acids is 1. The summed E-state index contributed by atoms with van der Waals surface area (Å²) in [6.45, 7) is 0. The van der Waals surface area contributed by atoms with Gasteiger partial charge in [-0.15, -0.1) is 11.8 Å². The Labute approximate surface area is 124 Å². The normalized spacial score (nSPS) is 10.5. The first-order valence-corrected chi connectivity index (χ1v) is 8.37. The maximum absolute atomic E-state index is 11.8. The highest BCUT2D eigenvalue weighted by Crippen LogP contribution is 2.21. The third-order valence-electron chi connectivity index (χ3n) is 2.49. The first kappa shape index (κ1) is 13.8. The number of ketones is 1. The zero-order valence-corrected chi connectivity index (χ0v) is 13.0. The Kier molecular flexibility index (Phi) is 5.47. The first-order valence-electron chi connectivity index (χ1n) is 5.65. The Hall–Kier alpha value is -0.580. The zero-order chi connectivity index (χ0) is 12.8. The van der Waals surface area contributed by atoms with Crippen molar-refractivity contribution in [2.75, 3.05) is 5.75 Å². The fourth-order valence-corrected chi connectivity index (χ4v) is 3.25. The van der Waals surface area contributed by atoms with E-state index in [0.29, 0.717) is 18.0 Å². The highest BCUT2D eigenvalue weighted by Gasteiger charge is 2.04. The highest BCUT2D eigenvalue weighted by atomic mass is 79.9. The van der Waals surface area contributed by atoms with Crippen molar-refractivity contribution in [3.05, 3.63) is 51.1 Å². The van der Waals surface area contributed by atoms with Crippen molar-refractivity contribution in [2.24, 2.45) is 0 Å². The largest absolute Gasteiger partial charge is 0.299 e. The minimum atomic E-state index is 0.314. The molecule has 0 fully saturated rings. The molecule has 0 unspecified atom stereocenters. The number of carbonyl (C=O) groups is 1. The van der Waals surface area contributed by atoms with Crippen molar-refractivity contribution in [1.82, 2.24) is 0 Å². The lowest BCUT2D eigenvalue weighted by Gasteiger charge is -2.01. The number of halogens is 1. The van der Waals surface area contributed by atoms with Gasteiger partial charge in [0.2, 0.25) is 0 Å². The number of aryl methyl sites for hydroxylation is 1. The molecule has 94 valence electrons. The molecule has 0 atom stereocenters. The number of thiophene rings is 1. The molecule has 0 aliphatic rings. The fourth-order valence-electron chi connectivity index (χ4n) is 1.49. The van der Waals surface area contributed by atoms with Crippen molar-refractivity contribution in [3.8, 4) is 0 Å². The number of rotatable bonds is 6.